The summed E-state index contributed by atoms with van der Waals surface area (Å²) in [4.78, 5) is 17.8. The Balaban J connectivity index is 2.07. The molecule has 0 atom stereocenters. The first kappa shape index (κ1) is 15.0. The minimum absolute atomic E-state index is 0.0822. The van der Waals surface area contributed by atoms with Crippen LogP contribution in [0.4, 0.5) is 10.1 Å². The fourth-order valence-corrected chi connectivity index (χ4v) is 3.38. The maximum Gasteiger partial charge on any atom is 0.337 e. The number of hydrogen-bond donors (Lipinski definition) is 3. The minimum atomic E-state index is -4.07. The minimum Gasteiger partial charge on any atom is -0.478 e. The van der Waals surface area contributed by atoms with E-state index in [1.54, 1.807) is 12.1 Å². The number of aromatic carboxylic acids is 1. The summed E-state index contributed by atoms with van der Waals surface area (Å²) in [5.74, 6) is -2.22. The zero-order valence-electron chi connectivity index (χ0n) is 11.4. The predicted octanol–water partition coefficient (Wildman–Crippen LogP) is 2.20. The third-order valence-electron chi connectivity index (χ3n) is 3.16. The molecule has 0 bridgehead atoms. The highest BCUT2D eigenvalue weighted by atomic mass is 32.2. The number of H-pyrrole nitrogens is 1. The number of aromatic amines is 1. The van der Waals surface area contributed by atoms with Gasteiger partial charge < -0.3 is 10.1 Å². The summed E-state index contributed by atoms with van der Waals surface area (Å²) in [7, 11) is -4.07. The average molecular weight is 335 g/mol. The quantitative estimate of drug-likeness (QED) is 0.676. The molecule has 0 unspecified atom stereocenters. The third kappa shape index (κ3) is 2.73. The second-order valence-corrected chi connectivity index (χ2v) is 6.30. The summed E-state index contributed by atoms with van der Waals surface area (Å²) in [5, 5.41) is 9.43. The predicted molar refractivity (Wildman–Crippen MR) is 80.3 cm³/mol. The highest BCUT2D eigenvalue weighted by molar-refractivity contribution is 7.93. The van der Waals surface area contributed by atoms with Gasteiger partial charge in [-0.3, -0.25) is 4.72 Å². The molecule has 23 heavy (non-hydrogen) atoms. The first-order valence-corrected chi connectivity index (χ1v) is 7.84. The Hall–Kier alpha value is -2.94. The van der Waals surface area contributed by atoms with Gasteiger partial charge in [-0.05, 0) is 30.3 Å². The SMILES string of the molecule is O=C(O)c1cc(F)ccc1NS(=O)(=O)c1c[nH]c2ncccc12. The smallest absolute Gasteiger partial charge is 0.337 e. The molecule has 0 saturated heterocycles. The molecular weight excluding hydrogens is 325 g/mol. The Bertz CT molecular complexity index is 1010. The van der Waals surface area contributed by atoms with E-state index in [2.05, 4.69) is 14.7 Å². The number of aromatic nitrogens is 2. The molecule has 3 rings (SSSR count). The maximum atomic E-state index is 13.2. The van der Waals surface area contributed by atoms with Gasteiger partial charge in [0.2, 0.25) is 0 Å². The molecule has 0 fully saturated rings. The zero-order chi connectivity index (χ0) is 16.6. The summed E-state index contributed by atoms with van der Waals surface area (Å²) in [5.41, 5.74) is -0.325. The fourth-order valence-electron chi connectivity index (χ4n) is 2.14. The Morgan fingerprint density at radius 2 is 2.09 bits per heavy atom. The molecule has 0 radical (unpaired) electrons. The molecule has 1 aromatic carbocycles. The van der Waals surface area contributed by atoms with Crippen molar-refractivity contribution in [1.82, 2.24) is 9.97 Å². The van der Waals surface area contributed by atoms with Crippen molar-refractivity contribution < 1.29 is 22.7 Å². The lowest BCUT2D eigenvalue weighted by molar-refractivity contribution is 0.0697. The van der Waals surface area contributed by atoms with E-state index in [0.29, 0.717) is 11.0 Å². The van der Waals surface area contributed by atoms with Gasteiger partial charge in [0.05, 0.1) is 11.3 Å². The Morgan fingerprint density at radius 1 is 1.30 bits per heavy atom. The van der Waals surface area contributed by atoms with Crippen LogP contribution in [-0.4, -0.2) is 29.5 Å². The highest BCUT2D eigenvalue weighted by Gasteiger charge is 2.22. The molecule has 3 N–H and O–H groups in total. The summed E-state index contributed by atoms with van der Waals surface area (Å²) in [6, 6.07) is 5.92. The van der Waals surface area contributed by atoms with Gasteiger partial charge in [-0.25, -0.2) is 22.6 Å². The third-order valence-corrected chi connectivity index (χ3v) is 4.56. The van der Waals surface area contributed by atoms with Gasteiger partial charge in [0, 0.05) is 17.8 Å². The molecule has 0 aliphatic heterocycles. The Morgan fingerprint density at radius 3 is 2.83 bits per heavy atom. The van der Waals surface area contributed by atoms with E-state index in [4.69, 9.17) is 5.11 Å². The van der Waals surface area contributed by atoms with Gasteiger partial charge in [0.15, 0.2) is 0 Å². The van der Waals surface area contributed by atoms with Crippen LogP contribution in [0.1, 0.15) is 10.4 Å². The van der Waals surface area contributed by atoms with Crippen molar-refractivity contribution in [2.75, 3.05) is 4.72 Å². The molecule has 0 amide bonds. The average Bonchev–Trinajstić information content (AvgIpc) is 2.93. The maximum absolute atomic E-state index is 13.2. The second kappa shape index (κ2) is 5.36. The molecule has 118 valence electrons. The standard InChI is InChI=1S/C14H10FN3O4S/c15-8-3-4-11(10(6-8)14(19)20)18-23(21,22)12-7-17-13-9(12)2-1-5-16-13/h1-7,18H,(H,16,17)(H,19,20). The number of pyridine rings is 1. The zero-order valence-corrected chi connectivity index (χ0v) is 12.3. The number of anilines is 1. The van der Waals surface area contributed by atoms with Crippen LogP contribution >= 0.6 is 0 Å². The number of sulfonamides is 1. The first-order chi connectivity index (χ1) is 10.9. The Labute approximate surface area is 129 Å². The van der Waals surface area contributed by atoms with Gasteiger partial charge in [0.1, 0.15) is 16.4 Å². The summed E-state index contributed by atoms with van der Waals surface area (Å²) in [6.07, 6.45) is 2.76. The highest BCUT2D eigenvalue weighted by Crippen LogP contribution is 2.25. The number of nitrogens with zero attached hydrogens (tertiary/aromatic N) is 1. The van der Waals surface area contributed by atoms with Gasteiger partial charge in [-0.2, -0.15) is 0 Å². The number of rotatable bonds is 4. The van der Waals surface area contributed by atoms with Crippen molar-refractivity contribution in [3.8, 4) is 0 Å². The van der Waals surface area contributed by atoms with E-state index in [1.807, 2.05) is 0 Å². The topological polar surface area (TPSA) is 112 Å². The number of fused-ring (bicyclic) bond motifs is 1. The number of carbonyl (C=O) groups is 1. The molecule has 9 heteroatoms. The van der Waals surface area contributed by atoms with Crippen LogP contribution < -0.4 is 4.72 Å². The Kier molecular flexibility index (Phi) is 3.49. The van der Waals surface area contributed by atoms with Crippen LogP contribution in [-0.2, 0) is 10.0 Å². The van der Waals surface area contributed by atoms with Crippen molar-refractivity contribution in [3.63, 3.8) is 0 Å². The molecule has 3 aromatic rings. The van der Waals surface area contributed by atoms with Crippen molar-refractivity contribution in [2.45, 2.75) is 4.90 Å². The van der Waals surface area contributed by atoms with Crippen LogP contribution in [0.15, 0.2) is 47.6 Å². The van der Waals surface area contributed by atoms with Crippen LogP contribution in [0, 0.1) is 5.82 Å². The first-order valence-electron chi connectivity index (χ1n) is 6.36. The van der Waals surface area contributed by atoms with Crippen molar-refractivity contribution in [1.29, 1.82) is 0 Å². The fraction of sp³-hybridized carbons (Fsp3) is 0. The van der Waals surface area contributed by atoms with Gasteiger partial charge in [-0.15, -0.1) is 0 Å². The largest absolute Gasteiger partial charge is 0.478 e. The van der Waals surface area contributed by atoms with Crippen LogP contribution in [0.25, 0.3) is 11.0 Å². The molecule has 0 spiro atoms. The van der Waals surface area contributed by atoms with E-state index in [1.165, 1.54) is 12.4 Å². The van der Waals surface area contributed by atoms with Crippen molar-refractivity contribution in [2.24, 2.45) is 0 Å². The van der Waals surface area contributed by atoms with Crippen molar-refractivity contribution >= 4 is 32.7 Å². The normalized spacial score (nSPS) is 11.5. The number of benzene rings is 1. The molecule has 2 heterocycles. The molecule has 7 nitrogen and oxygen atoms in total. The number of carboxylic acids is 1. The lowest BCUT2D eigenvalue weighted by atomic mass is 10.2. The number of carboxylic acid groups (broad SMARTS) is 1. The van der Waals surface area contributed by atoms with Gasteiger partial charge in [-0.1, -0.05) is 0 Å². The summed E-state index contributed by atoms with van der Waals surface area (Å²) in [6.45, 7) is 0. The van der Waals surface area contributed by atoms with E-state index < -0.39 is 27.4 Å². The number of halogens is 1. The van der Waals surface area contributed by atoms with E-state index in [9.17, 15) is 17.6 Å². The molecule has 2 aromatic heterocycles. The lowest BCUT2D eigenvalue weighted by Gasteiger charge is -2.10. The van der Waals surface area contributed by atoms with E-state index in [0.717, 1.165) is 18.2 Å². The van der Waals surface area contributed by atoms with Crippen molar-refractivity contribution in [3.05, 3.63) is 54.1 Å². The van der Waals surface area contributed by atoms with Crippen LogP contribution in [0.2, 0.25) is 0 Å². The van der Waals surface area contributed by atoms with E-state index in [-0.39, 0.29) is 10.6 Å². The second-order valence-electron chi connectivity index (χ2n) is 4.65. The monoisotopic (exact) mass is 335 g/mol. The van der Waals surface area contributed by atoms with E-state index >= 15 is 0 Å². The molecule has 0 saturated carbocycles. The summed E-state index contributed by atoms with van der Waals surface area (Å²) < 4.78 is 40.3. The van der Waals surface area contributed by atoms with Crippen LogP contribution in [0.5, 0.6) is 0 Å². The molecular formula is C14H10FN3O4S. The van der Waals surface area contributed by atoms with Gasteiger partial charge in [0.25, 0.3) is 10.0 Å². The molecule has 0 aliphatic carbocycles. The van der Waals surface area contributed by atoms with Gasteiger partial charge >= 0.3 is 5.97 Å². The molecule has 0 aliphatic rings. The number of hydrogen-bond acceptors (Lipinski definition) is 4. The number of nitrogens with one attached hydrogen (secondary N) is 2. The lowest BCUT2D eigenvalue weighted by Crippen LogP contribution is -2.15. The summed E-state index contributed by atoms with van der Waals surface area (Å²) >= 11 is 0. The van der Waals surface area contributed by atoms with Crippen LogP contribution in [0.3, 0.4) is 0 Å².